The van der Waals surface area contributed by atoms with E-state index < -0.39 is 24.4 Å². The molecule has 0 unspecified atom stereocenters. The van der Waals surface area contributed by atoms with Crippen LogP contribution in [0.5, 0.6) is 5.88 Å². The molecule has 5 rings (SSSR count). The van der Waals surface area contributed by atoms with Crippen molar-refractivity contribution in [1.82, 2.24) is 24.8 Å². The highest BCUT2D eigenvalue weighted by atomic mass is 19.3. The number of hydrogen-bond donors (Lipinski definition) is 1. The Morgan fingerprint density at radius 2 is 2.03 bits per heavy atom. The summed E-state index contributed by atoms with van der Waals surface area (Å²) in [6.45, 7) is -0.345. The molecule has 1 atom stereocenters. The smallest absolute Gasteiger partial charge is 0.287 e. The Labute approximate surface area is 169 Å². The molecule has 0 aliphatic carbocycles. The van der Waals surface area contributed by atoms with Crippen LogP contribution in [-0.4, -0.2) is 55.9 Å². The van der Waals surface area contributed by atoms with Gasteiger partial charge in [-0.2, -0.15) is 0 Å². The Bertz CT molecular complexity index is 1240. The van der Waals surface area contributed by atoms with Crippen molar-refractivity contribution in [1.29, 1.82) is 0 Å². The maximum atomic E-state index is 14.6. The lowest BCUT2D eigenvalue weighted by Crippen LogP contribution is -2.55. The Morgan fingerprint density at radius 3 is 2.93 bits per heavy atom. The fourth-order valence-electron chi connectivity index (χ4n) is 3.55. The number of fused-ring (bicyclic) bond motifs is 2. The molecule has 1 aliphatic heterocycles. The predicted octanol–water partition coefficient (Wildman–Crippen LogP) is 3.43. The summed E-state index contributed by atoms with van der Waals surface area (Å²) in [5.41, 5.74) is 2.10. The predicted molar refractivity (Wildman–Crippen MR) is 106 cm³/mol. The molecule has 1 fully saturated rings. The van der Waals surface area contributed by atoms with Crippen molar-refractivity contribution in [2.24, 2.45) is 0 Å². The zero-order chi connectivity index (χ0) is 20.7. The van der Waals surface area contributed by atoms with Gasteiger partial charge in [0.2, 0.25) is 5.88 Å². The van der Waals surface area contributed by atoms with Gasteiger partial charge in [-0.1, -0.05) is 18.2 Å². The van der Waals surface area contributed by atoms with E-state index in [1.165, 1.54) is 17.4 Å². The van der Waals surface area contributed by atoms with E-state index >= 15 is 0 Å². The number of rotatable bonds is 3. The number of benzene rings is 1. The van der Waals surface area contributed by atoms with Crippen molar-refractivity contribution >= 4 is 27.8 Å². The van der Waals surface area contributed by atoms with Gasteiger partial charge in [-0.15, -0.1) is 0 Å². The Kier molecular flexibility index (Phi) is 4.30. The largest absolute Gasteiger partial charge is 0.466 e. The number of carbonyl (C=O) groups is 1. The standard InChI is InChI=1S/C21H17F2N5O2/c22-21(23)7-8-28(20(29)16-9-15-17(10-24-16)26-12-25-15)11-18(21)30-19-6-5-13-3-1-2-4-14(13)27-19/h1-6,9-10,12,18H,7-8,11H2,(H,25,26)/t18-/m0/s1. The monoisotopic (exact) mass is 409 g/mol. The van der Waals surface area contributed by atoms with Gasteiger partial charge >= 0.3 is 0 Å². The number of hydrogen-bond acceptors (Lipinski definition) is 5. The molecule has 0 radical (unpaired) electrons. The summed E-state index contributed by atoms with van der Waals surface area (Å²) in [4.78, 5) is 29.6. The minimum absolute atomic E-state index is 0.0838. The highest BCUT2D eigenvalue weighted by Crippen LogP contribution is 2.32. The molecule has 1 saturated heterocycles. The normalized spacial score (nSPS) is 18.6. The molecule has 1 amide bonds. The summed E-state index contributed by atoms with van der Waals surface area (Å²) < 4.78 is 34.7. The lowest BCUT2D eigenvalue weighted by atomic mass is 10.0. The van der Waals surface area contributed by atoms with Crippen LogP contribution in [0.3, 0.4) is 0 Å². The number of nitrogens with one attached hydrogen (secondary N) is 1. The molecule has 1 aliphatic rings. The number of H-pyrrole nitrogens is 1. The van der Waals surface area contributed by atoms with Gasteiger partial charge in [0.25, 0.3) is 11.8 Å². The molecular formula is C21H17F2N5O2. The summed E-state index contributed by atoms with van der Waals surface area (Å²) in [6, 6.07) is 12.3. The number of alkyl halides is 2. The third-order valence-corrected chi connectivity index (χ3v) is 5.22. The maximum Gasteiger partial charge on any atom is 0.287 e. The molecule has 0 saturated carbocycles. The number of halogens is 2. The zero-order valence-corrected chi connectivity index (χ0v) is 15.8. The first-order valence-corrected chi connectivity index (χ1v) is 9.48. The molecule has 4 aromatic rings. The molecule has 9 heteroatoms. The van der Waals surface area contributed by atoms with Gasteiger partial charge < -0.3 is 14.6 Å². The van der Waals surface area contributed by atoms with Crippen LogP contribution in [0.1, 0.15) is 16.9 Å². The fraction of sp³-hybridized carbons (Fsp3) is 0.238. The van der Waals surface area contributed by atoms with Crippen LogP contribution in [-0.2, 0) is 0 Å². The van der Waals surface area contributed by atoms with Crippen molar-refractivity contribution in [3.05, 3.63) is 60.7 Å². The van der Waals surface area contributed by atoms with Crippen molar-refractivity contribution < 1.29 is 18.3 Å². The SMILES string of the molecule is O=C(c1cc2[nH]cnc2cn1)N1CCC(F)(F)[C@@H](Oc2ccc3ccccc3n2)C1. The Hall–Kier alpha value is -3.62. The highest BCUT2D eigenvalue weighted by molar-refractivity contribution is 5.95. The van der Waals surface area contributed by atoms with Gasteiger partial charge in [0.05, 0.1) is 30.1 Å². The van der Waals surface area contributed by atoms with Crippen molar-refractivity contribution in [2.45, 2.75) is 18.4 Å². The summed E-state index contributed by atoms with van der Waals surface area (Å²) >= 11 is 0. The van der Waals surface area contributed by atoms with Gasteiger partial charge in [0, 0.05) is 24.4 Å². The fourth-order valence-corrected chi connectivity index (χ4v) is 3.55. The van der Waals surface area contributed by atoms with Crippen LogP contribution in [0.2, 0.25) is 0 Å². The molecule has 3 aromatic heterocycles. The maximum absolute atomic E-state index is 14.6. The first kappa shape index (κ1) is 18.4. The molecule has 1 aromatic carbocycles. The summed E-state index contributed by atoms with van der Waals surface area (Å²) in [7, 11) is 0. The van der Waals surface area contributed by atoms with Crippen LogP contribution >= 0.6 is 0 Å². The highest BCUT2D eigenvalue weighted by Gasteiger charge is 2.47. The second kappa shape index (κ2) is 7.01. The van der Waals surface area contributed by atoms with Crippen LogP contribution in [0, 0.1) is 0 Å². The first-order valence-electron chi connectivity index (χ1n) is 9.48. The number of piperidine rings is 1. The first-order chi connectivity index (χ1) is 14.5. The average molecular weight is 409 g/mol. The topological polar surface area (TPSA) is 84.0 Å². The summed E-state index contributed by atoms with van der Waals surface area (Å²) in [6.07, 6.45) is 0.982. The third-order valence-electron chi connectivity index (χ3n) is 5.22. The quantitative estimate of drug-likeness (QED) is 0.560. The van der Waals surface area contributed by atoms with Crippen LogP contribution in [0.15, 0.2) is 55.0 Å². The average Bonchev–Trinajstić information content (AvgIpc) is 3.22. The van der Waals surface area contributed by atoms with Gasteiger partial charge in [-0.25, -0.2) is 23.7 Å². The number of aromatic nitrogens is 4. The van der Waals surface area contributed by atoms with Gasteiger partial charge in [-0.3, -0.25) is 4.79 Å². The third kappa shape index (κ3) is 3.32. The van der Waals surface area contributed by atoms with E-state index in [9.17, 15) is 13.6 Å². The number of carbonyl (C=O) groups excluding carboxylic acids is 1. The molecule has 30 heavy (non-hydrogen) atoms. The van der Waals surface area contributed by atoms with Crippen molar-refractivity contribution in [3.8, 4) is 5.88 Å². The Morgan fingerprint density at radius 1 is 1.17 bits per heavy atom. The lowest BCUT2D eigenvalue weighted by molar-refractivity contribution is -0.131. The van der Waals surface area contributed by atoms with Gasteiger partial charge in [-0.05, 0) is 18.2 Å². The van der Waals surface area contributed by atoms with Crippen molar-refractivity contribution in [2.75, 3.05) is 13.1 Å². The number of nitrogens with zero attached hydrogens (tertiary/aromatic N) is 4. The van der Waals surface area contributed by atoms with E-state index in [1.807, 2.05) is 18.2 Å². The van der Waals surface area contributed by atoms with E-state index in [-0.39, 0.29) is 24.7 Å². The number of imidazole rings is 1. The number of amides is 1. The number of aromatic amines is 1. The molecule has 7 nitrogen and oxygen atoms in total. The van der Waals surface area contributed by atoms with E-state index in [2.05, 4.69) is 19.9 Å². The van der Waals surface area contributed by atoms with Crippen LogP contribution < -0.4 is 4.74 Å². The van der Waals surface area contributed by atoms with Gasteiger partial charge in [0.1, 0.15) is 11.2 Å². The number of likely N-dealkylation sites (tertiary alicyclic amines) is 1. The molecule has 0 bridgehead atoms. The molecule has 0 spiro atoms. The Balaban J connectivity index is 1.37. The minimum Gasteiger partial charge on any atom is -0.466 e. The van der Waals surface area contributed by atoms with E-state index in [1.54, 1.807) is 24.3 Å². The number of pyridine rings is 2. The van der Waals surface area contributed by atoms with E-state index in [0.717, 1.165) is 5.39 Å². The molecular weight excluding hydrogens is 392 g/mol. The van der Waals surface area contributed by atoms with Crippen LogP contribution in [0.25, 0.3) is 21.9 Å². The molecule has 152 valence electrons. The summed E-state index contributed by atoms with van der Waals surface area (Å²) in [5, 5.41) is 0.886. The second-order valence-electron chi connectivity index (χ2n) is 7.20. The number of ether oxygens (including phenoxy) is 1. The van der Waals surface area contributed by atoms with Crippen LogP contribution in [0.4, 0.5) is 8.78 Å². The minimum atomic E-state index is -3.08. The van der Waals surface area contributed by atoms with E-state index in [4.69, 9.17) is 4.74 Å². The van der Waals surface area contributed by atoms with Gasteiger partial charge in [0.15, 0.2) is 6.10 Å². The molecule has 4 heterocycles. The zero-order valence-electron chi connectivity index (χ0n) is 15.8. The van der Waals surface area contributed by atoms with Crippen molar-refractivity contribution in [3.63, 3.8) is 0 Å². The second-order valence-corrected chi connectivity index (χ2v) is 7.20. The number of para-hydroxylation sites is 1. The summed E-state index contributed by atoms with van der Waals surface area (Å²) in [5.74, 6) is -3.41. The molecule has 1 N–H and O–H groups in total. The lowest BCUT2D eigenvalue weighted by Gasteiger charge is -2.37. The van der Waals surface area contributed by atoms with E-state index in [0.29, 0.717) is 16.6 Å².